The summed E-state index contributed by atoms with van der Waals surface area (Å²) in [5, 5.41) is 15.3. The molecule has 0 aliphatic rings. The molecule has 2 aromatic carbocycles. The predicted octanol–water partition coefficient (Wildman–Crippen LogP) is 4.71. The van der Waals surface area contributed by atoms with Crippen LogP contribution in [0.4, 0.5) is 11.4 Å². The summed E-state index contributed by atoms with van der Waals surface area (Å²) >= 11 is 8.13. The molecule has 0 bridgehead atoms. The highest BCUT2D eigenvalue weighted by Gasteiger charge is 2.11. The highest BCUT2D eigenvalue weighted by molar-refractivity contribution is 14.1. The fourth-order valence-electron chi connectivity index (χ4n) is 1.77. The Labute approximate surface area is 153 Å². The number of benzene rings is 2. The normalized spacial score (nSPS) is 10.8. The van der Waals surface area contributed by atoms with E-state index in [2.05, 4.69) is 33.2 Å². The van der Waals surface area contributed by atoms with Crippen molar-refractivity contribution in [1.29, 1.82) is 5.26 Å². The molecule has 0 saturated carbocycles. The molecule has 0 spiro atoms. The van der Waals surface area contributed by atoms with Crippen LogP contribution in [0, 0.1) is 21.8 Å². The number of hydrogen-bond donors (Lipinski definition) is 2. The van der Waals surface area contributed by atoms with Crippen LogP contribution in [0.25, 0.3) is 0 Å². The van der Waals surface area contributed by atoms with Gasteiger partial charge in [0.25, 0.3) is 5.91 Å². The van der Waals surface area contributed by atoms with Crippen molar-refractivity contribution in [2.24, 2.45) is 0 Å². The number of hydrogen-bond acceptors (Lipinski definition) is 3. The molecule has 0 aliphatic carbocycles. The zero-order valence-corrected chi connectivity index (χ0v) is 15.1. The summed E-state index contributed by atoms with van der Waals surface area (Å²) in [5.41, 5.74) is 2.22. The van der Waals surface area contributed by atoms with E-state index in [9.17, 15) is 10.1 Å². The summed E-state index contributed by atoms with van der Waals surface area (Å²) in [7, 11) is 0. The van der Waals surface area contributed by atoms with Crippen LogP contribution in [0.2, 0.25) is 5.02 Å². The van der Waals surface area contributed by atoms with Gasteiger partial charge in [0.15, 0.2) is 0 Å². The van der Waals surface area contributed by atoms with E-state index in [1.165, 1.54) is 6.20 Å². The number of nitriles is 1. The maximum atomic E-state index is 12.2. The minimum atomic E-state index is -0.490. The Morgan fingerprint density at radius 3 is 2.61 bits per heavy atom. The molecule has 0 saturated heterocycles. The molecule has 0 unspecified atom stereocenters. The Hall–Kier alpha value is -2.04. The number of amides is 1. The zero-order valence-electron chi connectivity index (χ0n) is 12.2. The highest BCUT2D eigenvalue weighted by Crippen LogP contribution is 2.20. The third-order valence-corrected chi connectivity index (χ3v) is 3.99. The van der Waals surface area contributed by atoms with Crippen molar-refractivity contribution in [3.05, 3.63) is 68.4 Å². The van der Waals surface area contributed by atoms with Crippen LogP contribution in [0.15, 0.2) is 54.2 Å². The van der Waals surface area contributed by atoms with Gasteiger partial charge in [-0.1, -0.05) is 17.7 Å². The first-order valence-corrected chi connectivity index (χ1v) is 8.15. The highest BCUT2D eigenvalue weighted by atomic mass is 127. The van der Waals surface area contributed by atoms with Crippen molar-refractivity contribution in [2.75, 3.05) is 10.6 Å². The standard InChI is InChI=1S/C17H13ClIN3O/c1-11-2-3-13(18)8-16(11)22-17(23)12(9-20)10-21-15-6-4-14(19)5-7-15/h2-8,10,21H,1H3,(H,22,23)/b12-10-. The van der Waals surface area contributed by atoms with Crippen molar-refractivity contribution < 1.29 is 4.79 Å². The van der Waals surface area contributed by atoms with Crippen LogP contribution < -0.4 is 10.6 Å². The van der Waals surface area contributed by atoms with Gasteiger partial charge in [-0.2, -0.15) is 5.26 Å². The average molecular weight is 438 g/mol. The number of aryl methyl sites for hydroxylation is 1. The molecule has 116 valence electrons. The van der Waals surface area contributed by atoms with E-state index in [1.54, 1.807) is 18.2 Å². The third-order valence-electron chi connectivity index (χ3n) is 3.04. The summed E-state index contributed by atoms with van der Waals surface area (Å²) in [4.78, 5) is 12.2. The van der Waals surface area contributed by atoms with Crippen molar-refractivity contribution in [2.45, 2.75) is 6.92 Å². The van der Waals surface area contributed by atoms with Crippen LogP contribution in [0.5, 0.6) is 0 Å². The van der Waals surface area contributed by atoms with Crippen LogP contribution in [-0.2, 0) is 4.79 Å². The minimum Gasteiger partial charge on any atom is -0.360 e. The lowest BCUT2D eigenvalue weighted by atomic mass is 10.2. The molecule has 2 aromatic rings. The smallest absolute Gasteiger partial charge is 0.267 e. The topological polar surface area (TPSA) is 64.9 Å². The van der Waals surface area contributed by atoms with Crippen molar-refractivity contribution in [3.8, 4) is 6.07 Å². The second-order valence-corrected chi connectivity index (χ2v) is 6.42. The van der Waals surface area contributed by atoms with Gasteiger partial charge < -0.3 is 10.6 Å². The third kappa shape index (κ3) is 4.98. The molecule has 0 fully saturated rings. The molecular weight excluding hydrogens is 425 g/mol. The van der Waals surface area contributed by atoms with Crippen LogP contribution in [-0.4, -0.2) is 5.91 Å². The Kier molecular flexibility index (Phi) is 6.02. The molecule has 0 atom stereocenters. The average Bonchev–Trinajstić information content (AvgIpc) is 2.53. The monoisotopic (exact) mass is 437 g/mol. The van der Waals surface area contributed by atoms with Gasteiger partial charge in [0.05, 0.1) is 0 Å². The van der Waals surface area contributed by atoms with Gasteiger partial charge in [0.1, 0.15) is 11.6 Å². The van der Waals surface area contributed by atoms with Crippen molar-refractivity contribution >= 4 is 51.5 Å². The van der Waals surface area contributed by atoms with Gasteiger partial charge in [-0.05, 0) is 71.5 Å². The Morgan fingerprint density at radius 1 is 1.26 bits per heavy atom. The molecule has 2 N–H and O–H groups in total. The van der Waals surface area contributed by atoms with E-state index in [0.29, 0.717) is 10.7 Å². The van der Waals surface area contributed by atoms with Gasteiger partial charge in [-0.25, -0.2) is 0 Å². The summed E-state index contributed by atoms with van der Waals surface area (Å²) in [6.45, 7) is 1.85. The first-order chi connectivity index (χ1) is 11.0. The lowest BCUT2D eigenvalue weighted by molar-refractivity contribution is -0.112. The lowest BCUT2D eigenvalue weighted by Gasteiger charge is -2.08. The molecule has 1 amide bonds. The Bertz CT molecular complexity index is 794. The van der Waals surface area contributed by atoms with E-state index >= 15 is 0 Å². The molecular formula is C17H13ClIN3O. The number of nitrogens with zero attached hydrogens (tertiary/aromatic N) is 1. The number of rotatable bonds is 4. The van der Waals surface area contributed by atoms with Gasteiger partial charge in [0, 0.05) is 26.2 Å². The van der Waals surface area contributed by atoms with Gasteiger partial charge >= 0.3 is 0 Å². The number of carbonyl (C=O) groups excluding carboxylic acids is 1. The first-order valence-electron chi connectivity index (χ1n) is 6.69. The van der Waals surface area contributed by atoms with Crippen molar-refractivity contribution in [3.63, 3.8) is 0 Å². The summed E-state index contributed by atoms with van der Waals surface area (Å²) in [6.07, 6.45) is 1.39. The molecule has 23 heavy (non-hydrogen) atoms. The van der Waals surface area contributed by atoms with E-state index in [-0.39, 0.29) is 5.57 Å². The molecule has 2 rings (SSSR count). The van der Waals surface area contributed by atoms with E-state index in [4.69, 9.17) is 11.6 Å². The summed E-state index contributed by atoms with van der Waals surface area (Å²) in [5.74, 6) is -0.490. The van der Waals surface area contributed by atoms with E-state index in [0.717, 1.165) is 14.8 Å². The maximum Gasteiger partial charge on any atom is 0.267 e. The largest absolute Gasteiger partial charge is 0.360 e. The molecule has 0 aromatic heterocycles. The van der Waals surface area contributed by atoms with Crippen LogP contribution >= 0.6 is 34.2 Å². The quantitative estimate of drug-likeness (QED) is 0.414. The van der Waals surface area contributed by atoms with Crippen LogP contribution in [0.3, 0.4) is 0 Å². The van der Waals surface area contributed by atoms with Gasteiger partial charge in [-0.15, -0.1) is 0 Å². The number of carbonyl (C=O) groups is 1. The number of nitrogens with one attached hydrogen (secondary N) is 2. The predicted molar refractivity (Wildman–Crippen MR) is 101 cm³/mol. The molecule has 0 aliphatic heterocycles. The fraction of sp³-hybridized carbons (Fsp3) is 0.0588. The lowest BCUT2D eigenvalue weighted by Crippen LogP contribution is -2.15. The van der Waals surface area contributed by atoms with Crippen molar-refractivity contribution in [1.82, 2.24) is 0 Å². The van der Waals surface area contributed by atoms with E-state index < -0.39 is 5.91 Å². The number of halogens is 2. The summed E-state index contributed by atoms with van der Waals surface area (Å²) < 4.78 is 1.10. The second-order valence-electron chi connectivity index (χ2n) is 4.73. The van der Waals surface area contributed by atoms with Gasteiger partial charge in [-0.3, -0.25) is 4.79 Å². The molecule has 4 nitrogen and oxygen atoms in total. The van der Waals surface area contributed by atoms with Crippen LogP contribution in [0.1, 0.15) is 5.56 Å². The minimum absolute atomic E-state index is 0.0251. The molecule has 6 heteroatoms. The molecule has 0 radical (unpaired) electrons. The Morgan fingerprint density at radius 2 is 1.96 bits per heavy atom. The Balaban J connectivity index is 2.12. The van der Waals surface area contributed by atoms with E-state index in [1.807, 2.05) is 37.3 Å². The molecule has 0 heterocycles. The fourth-order valence-corrected chi connectivity index (χ4v) is 2.30. The maximum absolute atomic E-state index is 12.2. The zero-order chi connectivity index (χ0) is 16.8. The summed E-state index contributed by atoms with van der Waals surface area (Å²) in [6, 6.07) is 14.7. The second kappa shape index (κ2) is 7.99. The number of anilines is 2. The SMILES string of the molecule is Cc1ccc(Cl)cc1NC(=O)/C(C#N)=C\Nc1ccc(I)cc1. The van der Waals surface area contributed by atoms with Gasteiger partial charge in [0.2, 0.25) is 0 Å². The first kappa shape index (κ1) is 17.3.